The number of aryl methyl sites for hydroxylation is 1. The lowest BCUT2D eigenvalue weighted by Gasteiger charge is -2.05. The third-order valence-corrected chi connectivity index (χ3v) is 2.31. The van der Waals surface area contributed by atoms with Crippen LogP contribution in [0.25, 0.3) is 6.08 Å². The van der Waals surface area contributed by atoms with Gasteiger partial charge >= 0.3 is 0 Å². The second-order valence-electron chi connectivity index (χ2n) is 2.40. The van der Waals surface area contributed by atoms with Gasteiger partial charge in [0, 0.05) is 0 Å². The fourth-order valence-electron chi connectivity index (χ4n) is 1.13. The molecule has 1 aromatic rings. The summed E-state index contributed by atoms with van der Waals surface area (Å²) in [6, 6.07) is 0. The normalized spacial score (nSPS) is 16.3. The van der Waals surface area contributed by atoms with Gasteiger partial charge in [-0.2, -0.15) is 5.10 Å². The maximum atomic E-state index is 3.95. The van der Waals surface area contributed by atoms with Crippen LogP contribution < -0.4 is 0 Å². The molecule has 10 heavy (non-hydrogen) atoms. The van der Waals surface area contributed by atoms with Crippen LogP contribution in [0, 0.1) is 0 Å². The quantitative estimate of drug-likeness (QED) is 0.680. The van der Waals surface area contributed by atoms with Gasteiger partial charge in [-0.3, -0.25) is 5.10 Å². The highest BCUT2D eigenvalue weighted by molar-refractivity contribution is 9.11. The van der Waals surface area contributed by atoms with Crippen LogP contribution >= 0.6 is 15.9 Å². The Morgan fingerprint density at radius 1 is 1.50 bits per heavy atom. The minimum Gasteiger partial charge on any atom is -0.278 e. The molecular weight excluding hydrogens is 192 g/mol. The van der Waals surface area contributed by atoms with Gasteiger partial charge in [0.1, 0.15) is 0 Å². The van der Waals surface area contributed by atoms with Gasteiger partial charge in [-0.05, 0) is 29.0 Å². The Hall–Kier alpha value is -0.570. The predicted molar refractivity (Wildman–Crippen MR) is 43.8 cm³/mol. The molecule has 1 N–H and O–H groups in total. The van der Waals surface area contributed by atoms with Gasteiger partial charge in [0.2, 0.25) is 0 Å². The number of allylic oxidation sites excluding steroid dienone is 1. The summed E-state index contributed by atoms with van der Waals surface area (Å²) in [7, 11) is 0. The van der Waals surface area contributed by atoms with E-state index in [-0.39, 0.29) is 0 Å². The Balaban J connectivity index is 2.50. The number of halogens is 1. The maximum absolute atomic E-state index is 3.95. The largest absolute Gasteiger partial charge is 0.278 e. The molecule has 1 aromatic heterocycles. The summed E-state index contributed by atoms with van der Waals surface area (Å²) in [4.78, 5) is 0. The van der Waals surface area contributed by atoms with Crippen LogP contribution in [-0.4, -0.2) is 10.2 Å². The zero-order valence-electron chi connectivity index (χ0n) is 5.39. The molecule has 0 atom stereocenters. The molecule has 0 aliphatic heterocycles. The average Bonchev–Trinajstić information content (AvgIpc) is 2.33. The van der Waals surface area contributed by atoms with E-state index in [1.54, 1.807) is 0 Å². The predicted octanol–water partition coefficient (Wildman–Crippen LogP) is 2.09. The van der Waals surface area contributed by atoms with Crippen LogP contribution in [0.3, 0.4) is 0 Å². The number of H-pyrrole nitrogens is 1. The second kappa shape index (κ2) is 2.23. The smallest absolute Gasteiger partial charge is 0.0617 e. The average molecular weight is 199 g/mol. The lowest BCUT2D eigenvalue weighted by atomic mass is 10.1. The van der Waals surface area contributed by atoms with Crippen molar-refractivity contribution in [2.24, 2.45) is 0 Å². The Labute approximate surface area is 67.5 Å². The first-order chi connectivity index (χ1) is 4.86. The molecule has 1 heterocycles. The zero-order chi connectivity index (χ0) is 6.97. The molecule has 0 radical (unpaired) electrons. The molecule has 2 nitrogen and oxygen atoms in total. The Morgan fingerprint density at radius 2 is 2.40 bits per heavy atom. The number of nitrogens with zero attached hydrogens (tertiary/aromatic N) is 1. The first-order valence-corrected chi connectivity index (χ1v) is 4.04. The zero-order valence-corrected chi connectivity index (χ0v) is 6.98. The maximum Gasteiger partial charge on any atom is 0.0617 e. The molecule has 0 unspecified atom stereocenters. The van der Waals surface area contributed by atoms with Crippen molar-refractivity contribution in [3.63, 3.8) is 0 Å². The van der Waals surface area contributed by atoms with Gasteiger partial charge in [-0.1, -0.05) is 15.9 Å². The minimum absolute atomic E-state index is 1.10. The van der Waals surface area contributed by atoms with E-state index in [4.69, 9.17) is 0 Å². The van der Waals surface area contributed by atoms with Crippen molar-refractivity contribution in [2.75, 3.05) is 0 Å². The van der Waals surface area contributed by atoms with Crippen LogP contribution in [-0.2, 0) is 6.42 Å². The lowest BCUT2D eigenvalue weighted by molar-refractivity contribution is 0.976. The molecule has 0 fully saturated rings. The highest BCUT2D eigenvalue weighted by atomic mass is 79.9. The molecule has 0 aromatic carbocycles. The number of rotatable bonds is 0. The molecule has 0 bridgehead atoms. The summed E-state index contributed by atoms with van der Waals surface area (Å²) in [5.41, 5.74) is 2.47. The summed E-state index contributed by atoms with van der Waals surface area (Å²) in [6.45, 7) is 0. The fourth-order valence-corrected chi connectivity index (χ4v) is 1.56. The molecule has 1 aliphatic rings. The van der Waals surface area contributed by atoms with E-state index < -0.39 is 0 Å². The molecule has 52 valence electrons. The summed E-state index contributed by atoms with van der Waals surface area (Å²) in [5.74, 6) is 0. The van der Waals surface area contributed by atoms with Crippen molar-refractivity contribution in [3.05, 3.63) is 21.9 Å². The van der Waals surface area contributed by atoms with Crippen LogP contribution in [0.4, 0.5) is 0 Å². The number of hydrogen-bond donors (Lipinski definition) is 1. The highest BCUT2D eigenvalue weighted by Crippen LogP contribution is 2.24. The van der Waals surface area contributed by atoms with Gasteiger partial charge in [-0.15, -0.1) is 0 Å². The van der Waals surface area contributed by atoms with E-state index in [9.17, 15) is 0 Å². The van der Waals surface area contributed by atoms with Gasteiger partial charge in [0.15, 0.2) is 0 Å². The summed E-state index contributed by atoms with van der Waals surface area (Å²) in [5, 5.41) is 6.88. The monoisotopic (exact) mass is 198 g/mol. The first-order valence-electron chi connectivity index (χ1n) is 3.24. The number of aromatic amines is 1. The number of aromatic nitrogens is 2. The SMILES string of the molecule is BrC1=Cc2[nH]ncc2CC1. The molecule has 3 heteroatoms. The fraction of sp³-hybridized carbons (Fsp3) is 0.286. The lowest BCUT2D eigenvalue weighted by Crippen LogP contribution is -1.92. The van der Waals surface area contributed by atoms with Gasteiger partial charge in [0.05, 0.1) is 11.9 Å². The summed E-state index contributed by atoms with van der Waals surface area (Å²) in [6.07, 6.45) is 6.19. The number of hydrogen-bond acceptors (Lipinski definition) is 1. The third kappa shape index (κ3) is 0.904. The molecule has 1 aliphatic carbocycles. The van der Waals surface area contributed by atoms with Crippen LogP contribution in [0.5, 0.6) is 0 Å². The molecule has 0 spiro atoms. The topological polar surface area (TPSA) is 28.7 Å². The minimum atomic E-state index is 1.10. The Morgan fingerprint density at radius 3 is 3.30 bits per heavy atom. The standard InChI is InChI=1S/C7H7BrN2/c8-6-2-1-5-4-9-10-7(5)3-6/h3-4H,1-2H2,(H,9,10). The van der Waals surface area contributed by atoms with Crippen LogP contribution in [0.15, 0.2) is 10.7 Å². The molecular formula is C7H7BrN2. The van der Waals surface area contributed by atoms with E-state index >= 15 is 0 Å². The molecule has 0 amide bonds. The Bertz CT molecular complexity index is 275. The van der Waals surface area contributed by atoms with E-state index in [1.165, 1.54) is 10.0 Å². The molecule has 0 saturated carbocycles. The van der Waals surface area contributed by atoms with Crippen LogP contribution in [0.1, 0.15) is 17.7 Å². The molecule has 2 rings (SSSR count). The van der Waals surface area contributed by atoms with Crippen molar-refractivity contribution in [3.8, 4) is 0 Å². The van der Waals surface area contributed by atoms with E-state index in [2.05, 4.69) is 32.2 Å². The van der Waals surface area contributed by atoms with Gasteiger partial charge in [-0.25, -0.2) is 0 Å². The van der Waals surface area contributed by atoms with E-state index in [1.807, 2.05) is 6.20 Å². The van der Waals surface area contributed by atoms with Crippen molar-refractivity contribution in [2.45, 2.75) is 12.8 Å². The van der Waals surface area contributed by atoms with Gasteiger partial charge < -0.3 is 0 Å². The van der Waals surface area contributed by atoms with Crippen molar-refractivity contribution >= 4 is 22.0 Å². The second-order valence-corrected chi connectivity index (χ2v) is 3.42. The highest BCUT2D eigenvalue weighted by Gasteiger charge is 2.08. The van der Waals surface area contributed by atoms with Crippen LogP contribution in [0.2, 0.25) is 0 Å². The van der Waals surface area contributed by atoms with Crippen molar-refractivity contribution in [1.82, 2.24) is 10.2 Å². The number of nitrogens with one attached hydrogen (secondary N) is 1. The summed E-state index contributed by atoms with van der Waals surface area (Å²) < 4.78 is 1.25. The third-order valence-electron chi connectivity index (χ3n) is 1.69. The van der Waals surface area contributed by atoms with Crippen molar-refractivity contribution in [1.29, 1.82) is 0 Å². The van der Waals surface area contributed by atoms with E-state index in [0.717, 1.165) is 18.5 Å². The van der Waals surface area contributed by atoms with Gasteiger partial charge in [0.25, 0.3) is 0 Å². The van der Waals surface area contributed by atoms with E-state index in [0.29, 0.717) is 0 Å². The number of fused-ring (bicyclic) bond motifs is 1. The Kier molecular flexibility index (Phi) is 1.38. The first kappa shape index (κ1) is 6.16. The summed E-state index contributed by atoms with van der Waals surface area (Å²) >= 11 is 3.46. The van der Waals surface area contributed by atoms with Crippen molar-refractivity contribution < 1.29 is 0 Å². The molecule has 0 saturated heterocycles.